The molecule has 1 saturated carbocycles. The number of hydrogen-bond acceptors (Lipinski definition) is 3. The predicted molar refractivity (Wildman–Crippen MR) is 43.5 cm³/mol. The maximum Gasteiger partial charge on any atom is 0.137 e. The van der Waals surface area contributed by atoms with Gasteiger partial charge in [0.2, 0.25) is 0 Å². The molecule has 1 heterocycles. The SMILES string of the molecule is OC1CCC(n2cncn2)CC1. The summed E-state index contributed by atoms with van der Waals surface area (Å²) >= 11 is 0. The van der Waals surface area contributed by atoms with Crippen molar-refractivity contribution in [1.29, 1.82) is 0 Å². The lowest BCUT2D eigenvalue weighted by atomic mass is 9.93. The Morgan fingerprint density at radius 2 is 2.00 bits per heavy atom. The number of aromatic nitrogens is 3. The molecule has 4 nitrogen and oxygen atoms in total. The second-order valence-electron chi connectivity index (χ2n) is 3.34. The number of aliphatic hydroxyl groups excluding tert-OH is 1. The highest BCUT2D eigenvalue weighted by Crippen LogP contribution is 2.27. The van der Waals surface area contributed by atoms with Crippen LogP contribution in [0.3, 0.4) is 0 Å². The van der Waals surface area contributed by atoms with Crippen LogP contribution < -0.4 is 0 Å². The van der Waals surface area contributed by atoms with Crippen molar-refractivity contribution >= 4 is 0 Å². The molecule has 4 heteroatoms. The van der Waals surface area contributed by atoms with Crippen LogP contribution in [0.25, 0.3) is 0 Å². The number of rotatable bonds is 1. The second kappa shape index (κ2) is 3.23. The highest BCUT2D eigenvalue weighted by Gasteiger charge is 2.20. The molecule has 66 valence electrons. The maximum absolute atomic E-state index is 9.28. The summed E-state index contributed by atoms with van der Waals surface area (Å²) in [6.45, 7) is 0. The van der Waals surface area contributed by atoms with Gasteiger partial charge in [0.1, 0.15) is 12.7 Å². The Morgan fingerprint density at radius 3 is 2.58 bits per heavy atom. The lowest BCUT2D eigenvalue weighted by Crippen LogP contribution is -2.21. The molecule has 12 heavy (non-hydrogen) atoms. The first-order chi connectivity index (χ1) is 5.86. The summed E-state index contributed by atoms with van der Waals surface area (Å²) in [5.41, 5.74) is 0. The van der Waals surface area contributed by atoms with Crippen molar-refractivity contribution in [3.63, 3.8) is 0 Å². The van der Waals surface area contributed by atoms with Gasteiger partial charge in [0, 0.05) is 0 Å². The van der Waals surface area contributed by atoms with Gasteiger partial charge < -0.3 is 5.11 Å². The molecule has 2 rings (SSSR count). The minimum Gasteiger partial charge on any atom is -0.393 e. The van der Waals surface area contributed by atoms with Gasteiger partial charge >= 0.3 is 0 Å². The summed E-state index contributed by atoms with van der Waals surface area (Å²) in [6, 6.07) is 0.455. The molecule has 0 bridgehead atoms. The van der Waals surface area contributed by atoms with Crippen LogP contribution in [-0.4, -0.2) is 26.0 Å². The van der Waals surface area contributed by atoms with Gasteiger partial charge in [-0.1, -0.05) is 0 Å². The van der Waals surface area contributed by atoms with Gasteiger partial charge in [-0.25, -0.2) is 9.67 Å². The van der Waals surface area contributed by atoms with Crippen molar-refractivity contribution in [3.8, 4) is 0 Å². The summed E-state index contributed by atoms with van der Waals surface area (Å²) in [4.78, 5) is 3.91. The summed E-state index contributed by atoms with van der Waals surface area (Å²) in [6.07, 6.45) is 7.04. The van der Waals surface area contributed by atoms with Gasteiger partial charge in [-0.3, -0.25) is 0 Å². The third-order valence-electron chi connectivity index (χ3n) is 2.48. The zero-order valence-corrected chi connectivity index (χ0v) is 6.93. The molecule has 1 aromatic heterocycles. The number of hydrogen-bond donors (Lipinski definition) is 1. The van der Waals surface area contributed by atoms with Crippen LogP contribution in [0.4, 0.5) is 0 Å². The zero-order valence-electron chi connectivity index (χ0n) is 6.93. The first-order valence-corrected chi connectivity index (χ1v) is 4.38. The van der Waals surface area contributed by atoms with Crippen molar-refractivity contribution in [1.82, 2.24) is 14.8 Å². The lowest BCUT2D eigenvalue weighted by molar-refractivity contribution is 0.108. The molecule has 1 aromatic rings. The third kappa shape index (κ3) is 1.48. The Bertz CT molecular complexity index is 226. The van der Waals surface area contributed by atoms with E-state index in [2.05, 4.69) is 10.1 Å². The van der Waals surface area contributed by atoms with E-state index in [-0.39, 0.29) is 6.10 Å². The molecule has 1 N–H and O–H groups in total. The van der Waals surface area contributed by atoms with Gasteiger partial charge in [0.25, 0.3) is 0 Å². The molecule has 1 aliphatic carbocycles. The monoisotopic (exact) mass is 167 g/mol. The molecule has 0 aromatic carbocycles. The Morgan fingerprint density at radius 1 is 1.25 bits per heavy atom. The zero-order chi connectivity index (χ0) is 8.39. The molecule has 0 atom stereocenters. The van der Waals surface area contributed by atoms with Gasteiger partial charge in [-0.2, -0.15) is 5.10 Å². The van der Waals surface area contributed by atoms with Crippen LogP contribution in [-0.2, 0) is 0 Å². The van der Waals surface area contributed by atoms with Crippen LogP contribution in [0.1, 0.15) is 31.7 Å². The van der Waals surface area contributed by atoms with E-state index in [1.54, 1.807) is 12.7 Å². The molecule has 0 saturated heterocycles. The molecule has 0 amide bonds. The fourth-order valence-electron chi connectivity index (χ4n) is 1.73. The normalized spacial score (nSPS) is 30.4. The topological polar surface area (TPSA) is 50.9 Å². The van der Waals surface area contributed by atoms with Gasteiger partial charge in [0.15, 0.2) is 0 Å². The van der Waals surface area contributed by atoms with E-state index >= 15 is 0 Å². The Hall–Kier alpha value is -0.900. The second-order valence-corrected chi connectivity index (χ2v) is 3.34. The van der Waals surface area contributed by atoms with E-state index in [1.807, 2.05) is 4.68 Å². The highest BCUT2D eigenvalue weighted by molar-refractivity contribution is 4.76. The molecule has 0 radical (unpaired) electrons. The average Bonchev–Trinajstić information content (AvgIpc) is 2.58. The van der Waals surface area contributed by atoms with Gasteiger partial charge in [-0.15, -0.1) is 0 Å². The number of nitrogens with zero attached hydrogens (tertiary/aromatic N) is 3. The van der Waals surface area contributed by atoms with Crippen molar-refractivity contribution in [2.45, 2.75) is 37.8 Å². The maximum atomic E-state index is 9.28. The van der Waals surface area contributed by atoms with Crippen LogP contribution in [0, 0.1) is 0 Å². The third-order valence-corrected chi connectivity index (χ3v) is 2.48. The predicted octanol–water partition coefficient (Wildman–Crippen LogP) is 0.754. The van der Waals surface area contributed by atoms with Crippen molar-refractivity contribution in [2.75, 3.05) is 0 Å². The Kier molecular flexibility index (Phi) is 2.08. The fourth-order valence-corrected chi connectivity index (χ4v) is 1.73. The average molecular weight is 167 g/mol. The summed E-state index contributed by atoms with van der Waals surface area (Å²) in [7, 11) is 0. The van der Waals surface area contributed by atoms with E-state index < -0.39 is 0 Å². The van der Waals surface area contributed by atoms with E-state index in [1.165, 1.54) is 0 Å². The fraction of sp³-hybridized carbons (Fsp3) is 0.750. The first-order valence-electron chi connectivity index (χ1n) is 4.38. The minimum atomic E-state index is -0.0928. The van der Waals surface area contributed by atoms with Gasteiger partial charge in [0.05, 0.1) is 12.1 Å². The molecule has 1 aliphatic rings. The summed E-state index contributed by atoms with van der Waals surface area (Å²) < 4.78 is 1.89. The molecule has 0 spiro atoms. The summed E-state index contributed by atoms with van der Waals surface area (Å²) in [5.74, 6) is 0. The molecule has 0 aliphatic heterocycles. The van der Waals surface area contributed by atoms with Crippen molar-refractivity contribution in [3.05, 3.63) is 12.7 Å². The molecular formula is C8H13N3O. The van der Waals surface area contributed by atoms with Gasteiger partial charge in [-0.05, 0) is 25.7 Å². The standard InChI is InChI=1S/C8H13N3O/c12-8-3-1-7(2-4-8)11-6-9-5-10-11/h5-8,12H,1-4H2. The van der Waals surface area contributed by atoms with E-state index in [0.717, 1.165) is 25.7 Å². The van der Waals surface area contributed by atoms with Crippen LogP contribution in [0.2, 0.25) is 0 Å². The van der Waals surface area contributed by atoms with Crippen molar-refractivity contribution in [2.24, 2.45) is 0 Å². The quantitative estimate of drug-likeness (QED) is 0.671. The van der Waals surface area contributed by atoms with Crippen LogP contribution >= 0.6 is 0 Å². The van der Waals surface area contributed by atoms with E-state index in [0.29, 0.717) is 6.04 Å². The Balaban J connectivity index is 1.99. The van der Waals surface area contributed by atoms with E-state index in [9.17, 15) is 5.11 Å². The lowest BCUT2D eigenvalue weighted by Gasteiger charge is -2.24. The highest BCUT2D eigenvalue weighted by atomic mass is 16.3. The minimum absolute atomic E-state index is 0.0928. The molecule has 0 unspecified atom stereocenters. The molecular weight excluding hydrogens is 154 g/mol. The first kappa shape index (κ1) is 7.73. The number of aliphatic hydroxyl groups is 1. The van der Waals surface area contributed by atoms with Crippen LogP contribution in [0.15, 0.2) is 12.7 Å². The smallest absolute Gasteiger partial charge is 0.137 e. The Labute approximate surface area is 71.2 Å². The molecule has 1 fully saturated rings. The van der Waals surface area contributed by atoms with Crippen LogP contribution in [0.5, 0.6) is 0 Å². The van der Waals surface area contributed by atoms with Crippen molar-refractivity contribution < 1.29 is 5.11 Å². The summed E-state index contributed by atoms with van der Waals surface area (Å²) in [5, 5.41) is 13.4. The van der Waals surface area contributed by atoms with E-state index in [4.69, 9.17) is 0 Å². The largest absolute Gasteiger partial charge is 0.393 e.